The molecule has 0 saturated heterocycles. The lowest BCUT2D eigenvalue weighted by Crippen LogP contribution is -2.45. The first-order valence-corrected chi connectivity index (χ1v) is 13.4. The van der Waals surface area contributed by atoms with Crippen LogP contribution >= 0.6 is 23.2 Å². The highest BCUT2D eigenvalue weighted by molar-refractivity contribution is 6.34. The normalized spacial score (nSPS) is 15.2. The zero-order chi connectivity index (χ0) is 27.8. The van der Waals surface area contributed by atoms with Crippen molar-refractivity contribution < 1.29 is 14.4 Å². The third-order valence-corrected chi connectivity index (χ3v) is 7.63. The van der Waals surface area contributed by atoms with Crippen molar-refractivity contribution in [1.29, 1.82) is 0 Å². The molecule has 9 heteroatoms. The van der Waals surface area contributed by atoms with Gasteiger partial charge in [-0.15, -0.1) is 0 Å². The maximum Gasteiger partial charge on any atom is 0.265 e. The Balaban J connectivity index is 1.34. The number of nitrogens with zero attached hydrogens (tertiary/aromatic N) is 4. The summed E-state index contributed by atoms with van der Waals surface area (Å²) in [5.41, 5.74) is 3.26. The fourth-order valence-corrected chi connectivity index (χ4v) is 5.58. The quantitative estimate of drug-likeness (QED) is 0.267. The van der Waals surface area contributed by atoms with Gasteiger partial charge in [-0.1, -0.05) is 35.3 Å². The number of amides is 1. The van der Waals surface area contributed by atoms with Gasteiger partial charge in [-0.05, 0) is 71.8 Å². The number of rotatable bonds is 5. The molecule has 198 valence electrons. The molecule has 0 fully saturated rings. The Bertz CT molecular complexity index is 1780. The molecule has 5 aromatic rings. The maximum absolute atomic E-state index is 13.9. The van der Waals surface area contributed by atoms with Crippen LogP contribution in [0.1, 0.15) is 37.5 Å². The number of benzene rings is 2. The summed E-state index contributed by atoms with van der Waals surface area (Å²) < 4.78 is 1.46. The van der Waals surface area contributed by atoms with Crippen LogP contribution in [0.5, 0.6) is 0 Å². The van der Waals surface area contributed by atoms with Crippen LogP contribution in [0.4, 0.5) is 0 Å². The zero-order valence-corrected chi connectivity index (χ0v) is 22.6. The van der Waals surface area contributed by atoms with Crippen molar-refractivity contribution in [3.63, 3.8) is 0 Å². The average Bonchev–Trinajstić information content (AvgIpc) is 3.36. The summed E-state index contributed by atoms with van der Waals surface area (Å²) in [6, 6.07) is 20.3. The molecule has 0 radical (unpaired) electrons. The number of hydrogen-bond donors (Lipinski definition) is 0. The predicted molar refractivity (Wildman–Crippen MR) is 153 cm³/mol. The summed E-state index contributed by atoms with van der Waals surface area (Å²) in [5, 5.41) is 1.54. The van der Waals surface area contributed by atoms with Crippen LogP contribution in [-0.4, -0.2) is 43.1 Å². The van der Waals surface area contributed by atoms with Gasteiger partial charge in [-0.25, -0.2) is 4.98 Å². The molecule has 2 aromatic carbocycles. The molecule has 1 atom stereocenters. The van der Waals surface area contributed by atoms with E-state index in [2.05, 4.69) is 9.97 Å². The van der Waals surface area contributed by atoms with Crippen molar-refractivity contribution in [3.8, 4) is 0 Å². The summed E-state index contributed by atoms with van der Waals surface area (Å²) >= 11 is 12.8. The van der Waals surface area contributed by atoms with Crippen LogP contribution in [0.25, 0.3) is 11.0 Å². The van der Waals surface area contributed by atoms with Crippen LogP contribution in [0, 0.1) is 0 Å². The van der Waals surface area contributed by atoms with E-state index in [0.29, 0.717) is 38.6 Å². The Morgan fingerprint density at radius 1 is 0.925 bits per heavy atom. The highest BCUT2D eigenvalue weighted by Crippen LogP contribution is 2.28. The van der Waals surface area contributed by atoms with Crippen LogP contribution in [-0.2, 0) is 24.2 Å². The molecule has 0 saturated carbocycles. The highest BCUT2D eigenvalue weighted by atomic mass is 35.5. The average molecular weight is 569 g/mol. The van der Waals surface area contributed by atoms with Gasteiger partial charge in [0.15, 0.2) is 5.78 Å². The van der Waals surface area contributed by atoms with Crippen molar-refractivity contribution in [2.24, 2.45) is 0 Å². The fourth-order valence-electron chi connectivity index (χ4n) is 5.10. The van der Waals surface area contributed by atoms with E-state index in [1.165, 1.54) is 4.57 Å². The van der Waals surface area contributed by atoms with Crippen molar-refractivity contribution in [3.05, 3.63) is 129 Å². The van der Waals surface area contributed by atoms with E-state index in [4.69, 9.17) is 23.2 Å². The molecular formula is C31H22Cl2N4O3. The van der Waals surface area contributed by atoms with E-state index in [0.717, 1.165) is 5.39 Å². The lowest BCUT2D eigenvalue weighted by molar-refractivity contribution is -0.122. The number of hydrogen-bond acceptors (Lipinski definition) is 5. The predicted octanol–water partition coefficient (Wildman–Crippen LogP) is 5.81. The summed E-state index contributed by atoms with van der Waals surface area (Å²) in [6.45, 7) is 0.117. The highest BCUT2D eigenvalue weighted by Gasteiger charge is 2.36. The van der Waals surface area contributed by atoms with Gasteiger partial charge in [-0.3, -0.25) is 23.9 Å². The van der Waals surface area contributed by atoms with Gasteiger partial charge in [0.1, 0.15) is 5.65 Å². The minimum atomic E-state index is -0.744. The lowest BCUT2D eigenvalue weighted by atomic mass is 9.99. The third kappa shape index (κ3) is 4.90. The lowest BCUT2D eigenvalue weighted by Gasteiger charge is -2.29. The second kappa shape index (κ2) is 10.7. The fraction of sp³-hybridized carbons (Fsp3) is 0.129. The topological polar surface area (TPSA) is 85.2 Å². The van der Waals surface area contributed by atoms with Crippen LogP contribution in [0.2, 0.25) is 10.0 Å². The van der Waals surface area contributed by atoms with Gasteiger partial charge in [0.2, 0.25) is 0 Å². The maximum atomic E-state index is 13.9. The summed E-state index contributed by atoms with van der Waals surface area (Å²) in [7, 11) is 0. The Labute approximate surface area is 240 Å². The van der Waals surface area contributed by atoms with Gasteiger partial charge < -0.3 is 4.90 Å². The van der Waals surface area contributed by atoms with Gasteiger partial charge in [-0.2, -0.15) is 0 Å². The summed E-state index contributed by atoms with van der Waals surface area (Å²) in [4.78, 5) is 51.0. The van der Waals surface area contributed by atoms with E-state index >= 15 is 0 Å². The second-order valence-corrected chi connectivity index (χ2v) is 10.5. The number of fused-ring (bicyclic) bond motifs is 2. The van der Waals surface area contributed by atoms with Crippen molar-refractivity contribution in [1.82, 2.24) is 19.4 Å². The van der Waals surface area contributed by atoms with Gasteiger partial charge in [0.25, 0.3) is 11.8 Å². The molecule has 0 unspecified atom stereocenters. The number of pyridine rings is 2. The second-order valence-electron chi connectivity index (χ2n) is 9.64. The molecule has 3 aromatic heterocycles. The van der Waals surface area contributed by atoms with Crippen molar-refractivity contribution in [2.45, 2.75) is 25.4 Å². The number of halogens is 2. The molecule has 7 nitrogen and oxygen atoms in total. The number of ketones is 1. The van der Waals surface area contributed by atoms with Gasteiger partial charge in [0, 0.05) is 59.6 Å². The Hall–Kier alpha value is -4.33. The Morgan fingerprint density at radius 3 is 2.58 bits per heavy atom. The molecule has 0 N–H and O–H groups in total. The van der Waals surface area contributed by atoms with E-state index < -0.39 is 6.04 Å². The smallest absolute Gasteiger partial charge is 0.265 e. The first kappa shape index (κ1) is 25.9. The van der Waals surface area contributed by atoms with E-state index in [1.807, 2.05) is 30.3 Å². The molecule has 0 aliphatic carbocycles. The van der Waals surface area contributed by atoms with Crippen molar-refractivity contribution >= 4 is 51.8 Å². The van der Waals surface area contributed by atoms with E-state index in [9.17, 15) is 14.4 Å². The summed E-state index contributed by atoms with van der Waals surface area (Å²) in [6.07, 6.45) is 5.31. The molecule has 1 amide bonds. The van der Waals surface area contributed by atoms with Crippen molar-refractivity contribution in [2.75, 3.05) is 0 Å². The minimum absolute atomic E-state index is 0.0860. The molecular weight excluding hydrogens is 547 g/mol. The Morgan fingerprint density at radius 2 is 1.77 bits per heavy atom. The monoisotopic (exact) mass is 568 g/mol. The molecule has 0 bridgehead atoms. The molecule has 40 heavy (non-hydrogen) atoms. The van der Waals surface area contributed by atoms with Crippen LogP contribution in [0.15, 0.2) is 91.4 Å². The number of Topliss-reactive ketones (excluding diaryl/α,β-unsaturated/α-hetero) is 1. The summed E-state index contributed by atoms with van der Waals surface area (Å²) in [5.74, 6) is -0.699. The van der Waals surface area contributed by atoms with E-state index in [-0.39, 0.29) is 42.0 Å². The Kier molecular flexibility index (Phi) is 6.92. The minimum Gasteiger partial charge on any atom is -0.324 e. The SMILES string of the molecule is O=C1Cc2cc(Cl)ccc2C(=O)N(Cc2ccc(C(=O)n3ccc4cccnc43)c(Cl)c2)[C@@H]1Cc1ccccn1. The van der Waals surface area contributed by atoms with Crippen LogP contribution < -0.4 is 0 Å². The van der Waals surface area contributed by atoms with E-state index in [1.54, 1.807) is 66.0 Å². The molecule has 1 aliphatic rings. The molecule has 1 aliphatic heterocycles. The number of carbonyl (C=O) groups is 3. The first-order valence-electron chi connectivity index (χ1n) is 12.7. The number of carbonyl (C=O) groups excluding carboxylic acids is 3. The first-order chi connectivity index (χ1) is 19.4. The molecule has 0 spiro atoms. The molecule has 6 rings (SSSR count). The standard InChI is InChI=1S/C31H22Cl2N4O3/c32-22-7-9-24-21(15-22)16-28(38)27(17-23-5-1-2-11-34-23)37(30(24)39)18-19-6-8-25(26(33)14-19)31(40)36-13-10-20-4-3-12-35-29(20)36/h1-15,27H,16-18H2/t27-/m1/s1. The third-order valence-electron chi connectivity index (χ3n) is 7.08. The van der Waals surface area contributed by atoms with Gasteiger partial charge in [0.05, 0.1) is 16.6 Å². The van der Waals surface area contributed by atoms with Crippen LogP contribution in [0.3, 0.4) is 0 Å². The largest absolute Gasteiger partial charge is 0.324 e. The zero-order valence-electron chi connectivity index (χ0n) is 21.1. The van der Waals surface area contributed by atoms with Gasteiger partial charge >= 0.3 is 0 Å². The number of aromatic nitrogens is 3. The molecule has 4 heterocycles.